The summed E-state index contributed by atoms with van der Waals surface area (Å²) in [6.07, 6.45) is 0.698. The van der Waals surface area contributed by atoms with E-state index >= 15 is 0 Å². The molecule has 1 aliphatic heterocycles. The van der Waals surface area contributed by atoms with Gasteiger partial charge in [0.1, 0.15) is 18.2 Å². The van der Waals surface area contributed by atoms with Crippen molar-refractivity contribution in [2.75, 3.05) is 20.3 Å². The molecule has 0 aliphatic carbocycles. The average Bonchev–Trinajstić information content (AvgIpc) is 3.08. The highest BCUT2D eigenvalue weighted by Gasteiger charge is 2.32. The number of hydrogen-bond donors (Lipinski definition) is 1. The minimum Gasteiger partial charge on any atom is -0.467 e. The first-order chi connectivity index (χ1) is 12.9. The van der Waals surface area contributed by atoms with Crippen molar-refractivity contribution in [1.29, 1.82) is 0 Å². The molecule has 0 aromatic heterocycles. The monoisotopic (exact) mass is 382 g/mol. The van der Waals surface area contributed by atoms with Crippen LogP contribution in [-0.4, -0.2) is 50.1 Å². The number of rotatable bonds is 8. The second-order valence-electron chi connectivity index (χ2n) is 5.80. The second-order valence-corrected chi connectivity index (χ2v) is 5.80. The Kier molecular flexibility index (Phi) is 7.42. The third-order valence-corrected chi connectivity index (χ3v) is 3.72. The van der Waals surface area contributed by atoms with E-state index in [1.165, 1.54) is 13.2 Å². The smallest absolute Gasteiger partial charge is 0.335 e. The molecule has 0 radical (unpaired) electrons. The SMILES string of the molecule is C=CCO/N=C(\CC(=O)NC1COC(C(=O)OC)C1)c1cc(F)cc(F)c1. The Morgan fingerprint density at radius 2 is 2.07 bits per heavy atom. The number of carbonyl (C=O) groups excluding carboxylic acids is 2. The first-order valence-electron chi connectivity index (χ1n) is 8.18. The largest absolute Gasteiger partial charge is 0.467 e. The molecule has 1 amide bonds. The normalized spacial score (nSPS) is 19.4. The van der Waals surface area contributed by atoms with Gasteiger partial charge >= 0.3 is 5.97 Å². The summed E-state index contributed by atoms with van der Waals surface area (Å²) in [4.78, 5) is 28.7. The molecule has 2 rings (SSSR count). The summed E-state index contributed by atoms with van der Waals surface area (Å²) in [6.45, 7) is 3.69. The topological polar surface area (TPSA) is 86.2 Å². The van der Waals surface area contributed by atoms with Crippen LogP contribution < -0.4 is 5.32 Å². The molecule has 1 aromatic rings. The number of benzene rings is 1. The number of ether oxygens (including phenoxy) is 2. The molecule has 2 unspecified atom stereocenters. The van der Waals surface area contributed by atoms with Gasteiger partial charge in [0.05, 0.1) is 31.9 Å². The fraction of sp³-hybridized carbons (Fsp3) is 0.389. The van der Waals surface area contributed by atoms with Gasteiger partial charge in [0.25, 0.3) is 0 Å². The molecule has 0 spiro atoms. The number of halogens is 2. The molecule has 1 N–H and O–H groups in total. The summed E-state index contributed by atoms with van der Waals surface area (Å²) in [5, 5.41) is 6.47. The van der Waals surface area contributed by atoms with Crippen LogP contribution in [0, 0.1) is 11.6 Å². The molecule has 7 nitrogen and oxygen atoms in total. The van der Waals surface area contributed by atoms with Crippen molar-refractivity contribution in [3.05, 3.63) is 48.1 Å². The van der Waals surface area contributed by atoms with Gasteiger partial charge in [-0.05, 0) is 12.1 Å². The minimum absolute atomic E-state index is 0.0520. The summed E-state index contributed by atoms with van der Waals surface area (Å²) < 4.78 is 36.8. The molecule has 146 valence electrons. The second kappa shape index (κ2) is 9.77. The number of oxime groups is 1. The van der Waals surface area contributed by atoms with Gasteiger partial charge in [-0.15, -0.1) is 0 Å². The summed E-state index contributed by atoms with van der Waals surface area (Å²) in [6, 6.07) is 2.44. The molecule has 1 heterocycles. The highest BCUT2D eigenvalue weighted by molar-refractivity contribution is 6.10. The van der Waals surface area contributed by atoms with Gasteiger partial charge in [-0.2, -0.15) is 0 Å². The summed E-state index contributed by atoms with van der Waals surface area (Å²) in [5.41, 5.74) is 0.137. The van der Waals surface area contributed by atoms with Gasteiger partial charge < -0.3 is 19.6 Å². The summed E-state index contributed by atoms with van der Waals surface area (Å²) in [5.74, 6) is -2.57. The van der Waals surface area contributed by atoms with Crippen LogP contribution in [0.3, 0.4) is 0 Å². The van der Waals surface area contributed by atoms with Crippen molar-refractivity contribution in [2.24, 2.45) is 5.16 Å². The maximum atomic E-state index is 13.5. The maximum Gasteiger partial charge on any atom is 0.335 e. The molecule has 2 atom stereocenters. The van der Waals surface area contributed by atoms with Crippen LogP contribution in [-0.2, 0) is 23.9 Å². The Morgan fingerprint density at radius 1 is 1.37 bits per heavy atom. The van der Waals surface area contributed by atoms with Crippen molar-refractivity contribution >= 4 is 17.6 Å². The quantitative estimate of drug-likeness (QED) is 0.243. The molecule has 1 aliphatic rings. The third kappa shape index (κ3) is 6.14. The first-order valence-corrected chi connectivity index (χ1v) is 8.18. The van der Waals surface area contributed by atoms with E-state index < -0.39 is 29.6 Å². The van der Waals surface area contributed by atoms with E-state index in [9.17, 15) is 18.4 Å². The Labute approximate surface area is 155 Å². The highest BCUT2D eigenvalue weighted by atomic mass is 19.1. The zero-order chi connectivity index (χ0) is 19.8. The fourth-order valence-electron chi connectivity index (χ4n) is 2.53. The minimum atomic E-state index is -0.799. The van der Waals surface area contributed by atoms with Crippen molar-refractivity contribution in [3.63, 3.8) is 0 Å². The van der Waals surface area contributed by atoms with Crippen LogP contribution >= 0.6 is 0 Å². The predicted octanol–water partition coefficient (Wildman–Crippen LogP) is 1.71. The summed E-state index contributed by atoms with van der Waals surface area (Å²) in [7, 11) is 1.25. The Morgan fingerprint density at radius 3 is 2.70 bits per heavy atom. The standard InChI is InChI=1S/C18H20F2N2O5/c1-3-4-27-22-15(11-5-12(19)7-13(20)6-11)9-17(23)21-14-8-16(26-10-14)18(24)25-2/h3,5-7,14,16H,1,4,8-10H2,2H3,(H,21,23)/b22-15+. The van der Waals surface area contributed by atoms with Gasteiger partial charge in [0.2, 0.25) is 5.91 Å². The zero-order valence-corrected chi connectivity index (χ0v) is 14.7. The van der Waals surface area contributed by atoms with Gasteiger partial charge in [-0.3, -0.25) is 4.79 Å². The Balaban J connectivity index is 2.04. The molecule has 0 saturated carbocycles. The lowest BCUT2D eigenvalue weighted by molar-refractivity contribution is -0.151. The van der Waals surface area contributed by atoms with Crippen LogP contribution in [0.1, 0.15) is 18.4 Å². The van der Waals surface area contributed by atoms with Crippen LogP contribution in [0.5, 0.6) is 0 Å². The third-order valence-electron chi connectivity index (χ3n) is 3.72. The number of amides is 1. The van der Waals surface area contributed by atoms with E-state index in [0.717, 1.165) is 12.1 Å². The van der Waals surface area contributed by atoms with Crippen molar-refractivity contribution in [1.82, 2.24) is 5.32 Å². The number of methoxy groups -OCH3 is 1. The molecular weight excluding hydrogens is 362 g/mol. The van der Waals surface area contributed by atoms with E-state index in [1.54, 1.807) is 0 Å². The Bertz CT molecular complexity index is 718. The number of carbonyl (C=O) groups is 2. The molecule has 27 heavy (non-hydrogen) atoms. The van der Waals surface area contributed by atoms with Crippen molar-refractivity contribution in [2.45, 2.75) is 25.0 Å². The molecule has 0 bridgehead atoms. The average molecular weight is 382 g/mol. The summed E-state index contributed by atoms with van der Waals surface area (Å²) >= 11 is 0. The van der Waals surface area contributed by atoms with E-state index in [2.05, 4.69) is 21.8 Å². The zero-order valence-electron chi connectivity index (χ0n) is 14.7. The molecule has 1 aromatic carbocycles. The number of hydrogen-bond acceptors (Lipinski definition) is 6. The number of nitrogens with one attached hydrogen (secondary N) is 1. The van der Waals surface area contributed by atoms with Gasteiger partial charge in [-0.1, -0.05) is 17.8 Å². The van der Waals surface area contributed by atoms with Crippen molar-refractivity contribution < 1.29 is 32.7 Å². The lowest BCUT2D eigenvalue weighted by atomic mass is 10.1. The van der Waals surface area contributed by atoms with Crippen LogP contribution in [0.15, 0.2) is 36.0 Å². The van der Waals surface area contributed by atoms with Crippen LogP contribution in [0.4, 0.5) is 8.78 Å². The van der Waals surface area contributed by atoms with Crippen LogP contribution in [0.25, 0.3) is 0 Å². The molecular formula is C18H20F2N2O5. The number of esters is 1. The lowest BCUT2D eigenvalue weighted by Gasteiger charge is -2.12. The Hall–Kier alpha value is -2.81. The molecule has 1 fully saturated rings. The van der Waals surface area contributed by atoms with E-state index in [4.69, 9.17) is 9.57 Å². The maximum absolute atomic E-state index is 13.5. The fourth-order valence-corrected chi connectivity index (χ4v) is 2.53. The van der Waals surface area contributed by atoms with Crippen molar-refractivity contribution in [3.8, 4) is 0 Å². The van der Waals surface area contributed by atoms with Crippen LogP contribution in [0.2, 0.25) is 0 Å². The van der Waals surface area contributed by atoms with E-state index in [1.807, 2.05) is 0 Å². The van der Waals surface area contributed by atoms with E-state index in [-0.39, 0.29) is 43.4 Å². The van der Waals surface area contributed by atoms with E-state index in [0.29, 0.717) is 6.07 Å². The first kappa shape index (κ1) is 20.5. The molecule has 1 saturated heterocycles. The van der Waals surface area contributed by atoms with Gasteiger partial charge in [0.15, 0.2) is 6.10 Å². The van der Waals surface area contributed by atoms with Gasteiger partial charge in [-0.25, -0.2) is 13.6 Å². The highest BCUT2D eigenvalue weighted by Crippen LogP contribution is 2.16. The molecule has 9 heteroatoms. The lowest BCUT2D eigenvalue weighted by Crippen LogP contribution is -2.37. The number of nitrogens with zero attached hydrogens (tertiary/aromatic N) is 1. The predicted molar refractivity (Wildman–Crippen MR) is 92.0 cm³/mol. The van der Waals surface area contributed by atoms with Gasteiger partial charge in [0, 0.05) is 18.1 Å².